The summed E-state index contributed by atoms with van der Waals surface area (Å²) in [5.41, 5.74) is 5.03. The lowest BCUT2D eigenvalue weighted by Crippen LogP contribution is -2.04. The van der Waals surface area contributed by atoms with Crippen molar-refractivity contribution >= 4 is 32.6 Å². The molecule has 8 aromatic rings. The number of rotatable bonds is 4. The van der Waals surface area contributed by atoms with Gasteiger partial charge in [-0.25, -0.2) is 26.9 Å². The van der Waals surface area contributed by atoms with Crippen molar-refractivity contribution in [2.45, 2.75) is 0 Å². The lowest BCUT2D eigenvalue weighted by molar-refractivity contribution is 0.381. The lowest BCUT2D eigenvalue weighted by Gasteiger charge is -2.15. The molecular formula is C39H20F5NO. The quantitative estimate of drug-likeness (QED) is 0.112. The van der Waals surface area contributed by atoms with E-state index in [1.54, 1.807) is 30.3 Å². The summed E-state index contributed by atoms with van der Waals surface area (Å²) in [5.74, 6) is -9.30. The molecule has 0 spiro atoms. The Morgan fingerprint density at radius 2 is 0.957 bits per heavy atom. The summed E-state index contributed by atoms with van der Waals surface area (Å²) in [4.78, 5) is 4.57. The van der Waals surface area contributed by atoms with Crippen molar-refractivity contribution < 1.29 is 26.4 Å². The van der Waals surface area contributed by atoms with Crippen LogP contribution in [0.25, 0.3) is 77.5 Å². The van der Waals surface area contributed by atoms with Gasteiger partial charge in [0.05, 0.1) is 5.56 Å². The molecule has 0 fully saturated rings. The highest BCUT2D eigenvalue weighted by atomic mass is 19.2. The summed E-state index contributed by atoms with van der Waals surface area (Å²) >= 11 is 0. The second kappa shape index (κ2) is 10.7. The molecule has 2 nitrogen and oxygen atoms in total. The largest absolute Gasteiger partial charge is 0.436 e. The van der Waals surface area contributed by atoms with Crippen LogP contribution in [-0.4, -0.2) is 4.98 Å². The van der Waals surface area contributed by atoms with Crippen molar-refractivity contribution in [3.8, 4) is 44.8 Å². The molecule has 7 aromatic carbocycles. The van der Waals surface area contributed by atoms with E-state index >= 15 is 0 Å². The van der Waals surface area contributed by atoms with Gasteiger partial charge in [0.1, 0.15) is 5.52 Å². The highest BCUT2D eigenvalue weighted by molar-refractivity contribution is 6.06. The van der Waals surface area contributed by atoms with Crippen LogP contribution in [-0.2, 0) is 0 Å². The first-order valence-electron chi connectivity index (χ1n) is 14.4. The smallest absolute Gasteiger partial charge is 0.227 e. The second-order valence-corrected chi connectivity index (χ2v) is 11.0. The summed E-state index contributed by atoms with van der Waals surface area (Å²) in [5, 5.41) is 2.95. The fourth-order valence-electron chi connectivity index (χ4n) is 6.00. The zero-order valence-electron chi connectivity index (χ0n) is 23.8. The molecule has 0 atom stereocenters. The van der Waals surface area contributed by atoms with Crippen molar-refractivity contribution in [2.75, 3.05) is 0 Å². The highest BCUT2D eigenvalue weighted by Gasteiger charge is 2.27. The number of benzene rings is 7. The minimum absolute atomic E-state index is 0.0836. The molecule has 8 rings (SSSR count). The van der Waals surface area contributed by atoms with Crippen LogP contribution in [0.4, 0.5) is 22.0 Å². The van der Waals surface area contributed by atoms with E-state index in [1.165, 1.54) is 6.07 Å². The zero-order chi connectivity index (χ0) is 31.5. The molecule has 0 bridgehead atoms. The Kier molecular flexibility index (Phi) is 6.42. The number of para-hydroxylation sites is 2. The fourth-order valence-corrected chi connectivity index (χ4v) is 6.00. The SMILES string of the molecule is Fc1c(F)c(F)c(-c2ccc(-c3ccc4cc(-c5ccc(-c6nc7ccccc7o6)cc5)ccc4c3)c3ccccc23)c(F)c1F. The van der Waals surface area contributed by atoms with E-state index in [-0.39, 0.29) is 5.56 Å². The van der Waals surface area contributed by atoms with E-state index in [1.807, 2.05) is 78.9 Å². The summed E-state index contributed by atoms with van der Waals surface area (Å²) in [7, 11) is 0. The molecule has 0 N–H and O–H groups in total. The molecule has 0 radical (unpaired) electrons. The molecule has 0 aliphatic heterocycles. The van der Waals surface area contributed by atoms with Gasteiger partial charge in [0.2, 0.25) is 11.7 Å². The third-order valence-electron chi connectivity index (χ3n) is 8.31. The molecule has 0 unspecified atom stereocenters. The summed E-state index contributed by atoms with van der Waals surface area (Å²) in [6.45, 7) is 0. The topological polar surface area (TPSA) is 26.0 Å². The van der Waals surface area contributed by atoms with Gasteiger partial charge in [0, 0.05) is 5.56 Å². The predicted octanol–water partition coefficient (Wildman–Crippen LogP) is 11.5. The van der Waals surface area contributed by atoms with Gasteiger partial charge >= 0.3 is 0 Å². The molecule has 0 aliphatic rings. The number of hydrogen-bond acceptors (Lipinski definition) is 2. The van der Waals surface area contributed by atoms with Gasteiger partial charge in [-0.1, -0.05) is 84.9 Å². The Morgan fingerprint density at radius 1 is 0.435 bits per heavy atom. The third kappa shape index (κ3) is 4.43. The Labute approximate surface area is 259 Å². The molecule has 7 heteroatoms. The van der Waals surface area contributed by atoms with Gasteiger partial charge in [-0.3, -0.25) is 0 Å². The summed E-state index contributed by atoms with van der Waals surface area (Å²) in [6.07, 6.45) is 0. The molecule has 0 aliphatic carbocycles. The molecule has 0 saturated carbocycles. The van der Waals surface area contributed by atoms with Crippen LogP contribution >= 0.6 is 0 Å². The number of nitrogens with zero attached hydrogens (tertiary/aromatic N) is 1. The van der Waals surface area contributed by atoms with Crippen LogP contribution in [0.15, 0.2) is 126 Å². The van der Waals surface area contributed by atoms with Gasteiger partial charge in [0.25, 0.3) is 0 Å². The molecule has 1 heterocycles. The second-order valence-electron chi connectivity index (χ2n) is 11.0. The van der Waals surface area contributed by atoms with Crippen LogP contribution in [0.5, 0.6) is 0 Å². The van der Waals surface area contributed by atoms with Gasteiger partial charge in [-0.15, -0.1) is 0 Å². The van der Waals surface area contributed by atoms with Gasteiger partial charge in [0.15, 0.2) is 28.9 Å². The number of oxazole rings is 1. The Balaban J connectivity index is 1.15. The summed E-state index contributed by atoms with van der Waals surface area (Å²) in [6, 6.07) is 37.6. The molecule has 1 aromatic heterocycles. The maximum absolute atomic E-state index is 14.8. The average Bonchev–Trinajstić information content (AvgIpc) is 3.54. The van der Waals surface area contributed by atoms with Crippen molar-refractivity contribution in [1.82, 2.24) is 4.98 Å². The predicted molar refractivity (Wildman–Crippen MR) is 171 cm³/mol. The monoisotopic (exact) mass is 613 g/mol. The number of hydrogen-bond donors (Lipinski definition) is 0. The number of aromatic nitrogens is 1. The third-order valence-corrected chi connectivity index (χ3v) is 8.31. The maximum Gasteiger partial charge on any atom is 0.227 e. The van der Waals surface area contributed by atoms with Crippen LogP contribution < -0.4 is 0 Å². The van der Waals surface area contributed by atoms with E-state index in [0.29, 0.717) is 16.7 Å². The van der Waals surface area contributed by atoms with E-state index < -0.39 is 34.6 Å². The Morgan fingerprint density at radius 3 is 1.65 bits per heavy atom. The van der Waals surface area contributed by atoms with E-state index in [9.17, 15) is 22.0 Å². The maximum atomic E-state index is 14.8. The normalized spacial score (nSPS) is 11.6. The molecular weight excluding hydrogens is 593 g/mol. The van der Waals surface area contributed by atoms with Crippen LogP contribution in [0.2, 0.25) is 0 Å². The van der Waals surface area contributed by atoms with Gasteiger partial charge in [-0.2, -0.15) is 0 Å². The van der Waals surface area contributed by atoms with E-state index in [2.05, 4.69) is 11.1 Å². The van der Waals surface area contributed by atoms with Crippen molar-refractivity contribution in [1.29, 1.82) is 0 Å². The summed E-state index contributed by atoms with van der Waals surface area (Å²) < 4.78 is 77.3. The van der Waals surface area contributed by atoms with Crippen molar-refractivity contribution in [3.05, 3.63) is 150 Å². The first-order chi connectivity index (χ1) is 22.4. The molecule has 0 amide bonds. The standard InChI is InChI=1S/C39H20F5NO/c40-34-33(35(41)37(43)38(44)36(34)42)30-18-17-27(28-5-1-2-6-29(28)30)26-16-15-24-19-23(13-14-25(24)20-26)21-9-11-22(12-10-21)39-45-31-7-3-4-8-32(31)46-39/h1-20H. The molecule has 46 heavy (non-hydrogen) atoms. The van der Waals surface area contributed by atoms with E-state index in [4.69, 9.17) is 4.42 Å². The average molecular weight is 614 g/mol. The number of fused-ring (bicyclic) bond motifs is 3. The molecule has 222 valence electrons. The van der Waals surface area contributed by atoms with Crippen molar-refractivity contribution in [2.24, 2.45) is 0 Å². The fraction of sp³-hybridized carbons (Fsp3) is 0. The van der Waals surface area contributed by atoms with Crippen LogP contribution in [0.3, 0.4) is 0 Å². The van der Waals surface area contributed by atoms with Crippen LogP contribution in [0, 0.1) is 29.1 Å². The van der Waals surface area contributed by atoms with Crippen LogP contribution in [0.1, 0.15) is 0 Å². The number of halogens is 5. The minimum Gasteiger partial charge on any atom is -0.436 e. The highest BCUT2D eigenvalue weighted by Crippen LogP contribution is 2.40. The first kappa shape index (κ1) is 27.7. The Hall–Kier alpha value is -5.82. The van der Waals surface area contributed by atoms with Gasteiger partial charge < -0.3 is 4.42 Å². The van der Waals surface area contributed by atoms with Crippen molar-refractivity contribution in [3.63, 3.8) is 0 Å². The first-order valence-corrected chi connectivity index (χ1v) is 14.4. The zero-order valence-corrected chi connectivity index (χ0v) is 23.8. The Bertz CT molecular complexity index is 2420. The van der Waals surface area contributed by atoms with Gasteiger partial charge in [-0.05, 0) is 85.8 Å². The van der Waals surface area contributed by atoms with E-state index in [0.717, 1.165) is 49.7 Å². The minimum atomic E-state index is -2.18. The lowest BCUT2D eigenvalue weighted by atomic mass is 9.90. The molecule has 0 saturated heterocycles.